The van der Waals surface area contributed by atoms with Crippen molar-refractivity contribution in [3.8, 4) is 11.8 Å². The van der Waals surface area contributed by atoms with Gasteiger partial charge in [0.15, 0.2) is 0 Å². The van der Waals surface area contributed by atoms with Crippen LogP contribution in [0.15, 0.2) is 12.1 Å². The average molecular weight is 213 g/mol. The van der Waals surface area contributed by atoms with Crippen LogP contribution in [0.1, 0.15) is 17.2 Å². The van der Waals surface area contributed by atoms with Gasteiger partial charge in [0.25, 0.3) is 0 Å². The molecule has 0 fully saturated rings. The number of phenolic OH excluding ortho intramolecular Hbond substituents is 1. The number of nitriles is 1. The minimum absolute atomic E-state index is 0.0583. The van der Waals surface area contributed by atoms with E-state index < -0.39 is 6.04 Å². The number of rotatable bonds is 2. The monoisotopic (exact) mass is 212 g/mol. The first-order chi connectivity index (χ1) is 6.60. The number of phenols is 1. The molecule has 0 unspecified atom stereocenters. The Balaban J connectivity index is 3.28. The van der Waals surface area contributed by atoms with Gasteiger partial charge >= 0.3 is 0 Å². The second kappa shape index (κ2) is 4.29. The maximum Gasteiger partial charge on any atom is 0.139 e. The number of hydrogen-bond acceptors (Lipinski definition) is 4. The van der Waals surface area contributed by atoms with Crippen LogP contribution in [0.3, 0.4) is 0 Å². The summed E-state index contributed by atoms with van der Waals surface area (Å²) in [6, 6.07) is 3.89. The molecule has 14 heavy (non-hydrogen) atoms. The van der Waals surface area contributed by atoms with E-state index in [1.807, 2.05) is 6.07 Å². The van der Waals surface area contributed by atoms with Gasteiger partial charge in [-0.3, -0.25) is 0 Å². The Labute approximate surface area is 86.2 Å². The van der Waals surface area contributed by atoms with Gasteiger partial charge in [0.05, 0.1) is 29.3 Å². The molecular weight excluding hydrogens is 204 g/mol. The standard InChI is InChI=1S/C9H9ClN2O2/c10-7-2-5(3-11)1-6(9(7)14)8(12)4-13/h1-2,8,13-14H,4,12H2/t8-/m1/s1. The van der Waals surface area contributed by atoms with E-state index in [9.17, 15) is 5.11 Å². The molecule has 4 nitrogen and oxygen atoms in total. The molecule has 0 bridgehead atoms. The molecule has 5 heteroatoms. The molecule has 0 saturated heterocycles. The van der Waals surface area contributed by atoms with Crippen LogP contribution in [0.25, 0.3) is 0 Å². The normalized spacial score (nSPS) is 12.1. The van der Waals surface area contributed by atoms with E-state index in [0.717, 1.165) is 0 Å². The fourth-order valence-corrected chi connectivity index (χ4v) is 1.29. The molecule has 1 aromatic rings. The van der Waals surface area contributed by atoms with Crippen LogP contribution in [-0.2, 0) is 0 Å². The summed E-state index contributed by atoms with van der Waals surface area (Å²) in [7, 11) is 0. The van der Waals surface area contributed by atoms with Gasteiger partial charge in [-0.05, 0) is 12.1 Å². The van der Waals surface area contributed by atoms with Gasteiger partial charge in [0.2, 0.25) is 0 Å². The van der Waals surface area contributed by atoms with E-state index in [0.29, 0.717) is 5.56 Å². The summed E-state index contributed by atoms with van der Waals surface area (Å²) in [5.74, 6) is -0.188. The zero-order valence-electron chi connectivity index (χ0n) is 7.24. The van der Waals surface area contributed by atoms with Crippen LogP contribution in [0.5, 0.6) is 5.75 Å². The van der Waals surface area contributed by atoms with Crippen molar-refractivity contribution in [2.24, 2.45) is 5.73 Å². The molecule has 0 heterocycles. The van der Waals surface area contributed by atoms with E-state index in [2.05, 4.69) is 0 Å². The quantitative estimate of drug-likeness (QED) is 0.680. The Morgan fingerprint density at radius 3 is 2.71 bits per heavy atom. The molecule has 1 aromatic carbocycles. The van der Waals surface area contributed by atoms with Crippen molar-refractivity contribution in [2.45, 2.75) is 6.04 Å². The lowest BCUT2D eigenvalue weighted by molar-refractivity contribution is 0.265. The second-order valence-electron chi connectivity index (χ2n) is 2.80. The lowest BCUT2D eigenvalue weighted by Crippen LogP contribution is -2.14. The number of benzene rings is 1. The zero-order chi connectivity index (χ0) is 10.7. The number of aromatic hydroxyl groups is 1. The first-order valence-electron chi connectivity index (χ1n) is 3.89. The fraction of sp³-hybridized carbons (Fsp3) is 0.222. The summed E-state index contributed by atoms with van der Waals surface area (Å²) < 4.78 is 0. The number of aliphatic hydroxyl groups is 1. The molecule has 4 N–H and O–H groups in total. The lowest BCUT2D eigenvalue weighted by Gasteiger charge is -2.11. The maximum atomic E-state index is 9.49. The summed E-state index contributed by atoms with van der Waals surface area (Å²) in [5.41, 5.74) is 6.08. The van der Waals surface area contributed by atoms with Crippen LogP contribution < -0.4 is 5.73 Å². The van der Waals surface area contributed by atoms with Gasteiger partial charge in [-0.1, -0.05) is 11.6 Å². The third-order valence-electron chi connectivity index (χ3n) is 1.82. The Hall–Kier alpha value is -1.28. The number of halogens is 1. The molecule has 74 valence electrons. The molecule has 0 aliphatic heterocycles. The molecule has 0 amide bonds. The second-order valence-corrected chi connectivity index (χ2v) is 3.20. The molecule has 0 aliphatic rings. The number of nitrogens with two attached hydrogens (primary N) is 1. The largest absolute Gasteiger partial charge is 0.506 e. The molecular formula is C9H9ClN2O2. The van der Waals surface area contributed by atoms with Crippen molar-refractivity contribution >= 4 is 11.6 Å². The molecule has 1 atom stereocenters. The van der Waals surface area contributed by atoms with Gasteiger partial charge in [0, 0.05) is 5.56 Å². The predicted octanol–water partition coefficient (Wildman–Crippen LogP) is 0.909. The fourth-order valence-electron chi connectivity index (χ4n) is 1.07. The van der Waals surface area contributed by atoms with Gasteiger partial charge in [-0.25, -0.2) is 0 Å². The van der Waals surface area contributed by atoms with E-state index in [4.69, 9.17) is 27.7 Å². The van der Waals surface area contributed by atoms with Crippen molar-refractivity contribution < 1.29 is 10.2 Å². The third-order valence-corrected chi connectivity index (χ3v) is 2.11. The van der Waals surface area contributed by atoms with Crippen molar-refractivity contribution in [3.63, 3.8) is 0 Å². The highest BCUT2D eigenvalue weighted by Crippen LogP contribution is 2.31. The Morgan fingerprint density at radius 2 is 2.21 bits per heavy atom. The summed E-state index contributed by atoms with van der Waals surface area (Å²) in [6.07, 6.45) is 0. The maximum absolute atomic E-state index is 9.49. The van der Waals surface area contributed by atoms with Gasteiger partial charge in [-0.15, -0.1) is 0 Å². The molecule has 1 rings (SSSR count). The molecule has 0 aliphatic carbocycles. The summed E-state index contributed by atoms with van der Waals surface area (Å²) in [6.45, 7) is -0.321. The van der Waals surface area contributed by atoms with Crippen molar-refractivity contribution in [2.75, 3.05) is 6.61 Å². The molecule has 0 radical (unpaired) electrons. The van der Waals surface area contributed by atoms with Crippen LogP contribution in [-0.4, -0.2) is 16.8 Å². The van der Waals surface area contributed by atoms with Crippen molar-refractivity contribution in [1.82, 2.24) is 0 Å². The van der Waals surface area contributed by atoms with Crippen LogP contribution in [0.4, 0.5) is 0 Å². The Morgan fingerprint density at radius 1 is 1.57 bits per heavy atom. The highest BCUT2D eigenvalue weighted by Gasteiger charge is 2.14. The molecule has 0 saturated carbocycles. The zero-order valence-corrected chi connectivity index (χ0v) is 7.99. The van der Waals surface area contributed by atoms with E-state index in [1.54, 1.807) is 0 Å². The van der Waals surface area contributed by atoms with E-state index in [1.165, 1.54) is 12.1 Å². The SMILES string of the molecule is N#Cc1cc(Cl)c(O)c([C@H](N)CO)c1. The van der Waals surface area contributed by atoms with Crippen LogP contribution in [0.2, 0.25) is 5.02 Å². The van der Waals surface area contributed by atoms with Gasteiger partial charge in [0.1, 0.15) is 5.75 Å². The first kappa shape index (κ1) is 10.8. The van der Waals surface area contributed by atoms with Gasteiger partial charge < -0.3 is 15.9 Å². The van der Waals surface area contributed by atoms with E-state index >= 15 is 0 Å². The minimum atomic E-state index is -0.735. The topological polar surface area (TPSA) is 90.3 Å². The molecule has 0 spiro atoms. The number of aliphatic hydroxyl groups excluding tert-OH is 1. The summed E-state index contributed by atoms with van der Waals surface area (Å²) >= 11 is 5.66. The average Bonchev–Trinajstić information content (AvgIpc) is 2.20. The highest BCUT2D eigenvalue weighted by molar-refractivity contribution is 6.32. The lowest BCUT2D eigenvalue weighted by atomic mass is 10.0. The number of hydrogen-bond donors (Lipinski definition) is 3. The first-order valence-corrected chi connectivity index (χ1v) is 4.27. The van der Waals surface area contributed by atoms with Crippen LogP contribution >= 0.6 is 11.6 Å². The van der Waals surface area contributed by atoms with Crippen molar-refractivity contribution in [1.29, 1.82) is 5.26 Å². The number of nitrogens with zero attached hydrogens (tertiary/aromatic N) is 1. The Kier molecular flexibility index (Phi) is 3.31. The summed E-state index contributed by atoms with van der Waals surface area (Å²) in [5, 5.41) is 27.0. The highest BCUT2D eigenvalue weighted by atomic mass is 35.5. The third kappa shape index (κ3) is 1.96. The van der Waals surface area contributed by atoms with Crippen LogP contribution in [0, 0.1) is 11.3 Å². The molecule has 0 aromatic heterocycles. The van der Waals surface area contributed by atoms with Crippen molar-refractivity contribution in [3.05, 3.63) is 28.3 Å². The van der Waals surface area contributed by atoms with E-state index in [-0.39, 0.29) is 22.9 Å². The minimum Gasteiger partial charge on any atom is -0.506 e. The summed E-state index contributed by atoms with van der Waals surface area (Å²) in [4.78, 5) is 0. The predicted molar refractivity (Wildman–Crippen MR) is 51.8 cm³/mol. The smallest absolute Gasteiger partial charge is 0.139 e. The van der Waals surface area contributed by atoms with Gasteiger partial charge in [-0.2, -0.15) is 5.26 Å². The Bertz CT molecular complexity index is 387.